The summed E-state index contributed by atoms with van der Waals surface area (Å²) in [7, 11) is 0. The number of rotatable bonds is 58. The standard InChI is InChI=1S/C63H120O6/c1-4-7-10-13-16-19-21-22-23-24-25-26-27-28-29-30-31-32-33-34-35-36-37-38-39-40-42-44-47-50-53-56-62(65)68-59-60(58-67-61(64)55-52-49-46-43-18-15-12-9-6-3)69-63(66)57-54-51-48-45-41-20-17-14-11-8-5-2/h24-25,60H,4-23,26-59H2,1-3H3/b25-24-. The molecule has 408 valence electrons. The fourth-order valence-electron chi connectivity index (χ4n) is 9.56. The molecule has 0 bridgehead atoms. The molecule has 0 aromatic heterocycles. The molecule has 69 heavy (non-hydrogen) atoms. The molecule has 0 fully saturated rings. The Morgan fingerprint density at radius 2 is 0.478 bits per heavy atom. The highest BCUT2D eigenvalue weighted by molar-refractivity contribution is 5.71. The van der Waals surface area contributed by atoms with Crippen molar-refractivity contribution in [1.29, 1.82) is 0 Å². The van der Waals surface area contributed by atoms with E-state index in [2.05, 4.69) is 32.9 Å². The Bertz CT molecular complexity index is 1070. The molecule has 6 nitrogen and oxygen atoms in total. The van der Waals surface area contributed by atoms with E-state index in [9.17, 15) is 14.4 Å². The summed E-state index contributed by atoms with van der Waals surface area (Å²) in [6.45, 7) is 6.66. The Balaban J connectivity index is 3.95. The number of ether oxygens (including phenoxy) is 3. The number of hydrogen-bond acceptors (Lipinski definition) is 6. The molecule has 1 atom stereocenters. The van der Waals surface area contributed by atoms with E-state index in [1.165, 1.54) is 257 Å². The van der Waals surface area contributed by atoms with Crippen LogP contribution in [0.15, 0.2) is 12.2 Å². The number of carbonyl (C=O) groups excluding carboxylic acids is 3. The number of hydrogen-bond donors (Lipinski definition) is 0. The van der Waals surface area contributed by atoms with Crippen molar-refractivity contribution < 1.29 is 28.6 Å². The van der Waals surface area contributed by atoms with Gasteiger partial charge in [-0.1, -0.05) is 303 Å². The first-order chi connectivity index (χ1) is 34.0. The van der Waals surface area contributed by atoms with Crippen LogP contribution in [0, 0.1) is 0 Å². The predicted molar refractivity (Wildman–Crippen MR) is 298 cm³/mol. The van der Waals surface area contributed by atoms with Gasteiger partial charge in [0.2, 0.25) is 0 Å². The fraction of sp³-hybridized carbons (Fsp3) is 0.921. The van der Waals surface area contributed by atoms with Gasteiger partial charge >= 0.3 is 17.9 Å². The van der Waals surface area contributed by atoms with Crippen molar-refractivity contribution >= 4 is 17.9 Å². The van der Waals surface area contributed by atoms with Crippen molar-refractivity contribution in [3.05, 3.63) is 12.2 Å². The third-order valence-electron chi connectivity index (χ3n) is 14.3. The van der Waals surface area contributed by atoms with Gasteiger partial charge in [0.1, 0.15) is 13.2 Å². The SMILES string of the molecule is CCCCCCCCCC/C=C\CCCCCCCCCCCCCCCCCCCCCC(=O)OCC(COC(=O)CCCCCCCCCCC)OC(=O)CCCCCCCCCCCCC. The van der Waals surface area contributed by atoms with Crippen LogP contribution in [0.25, 0.3) is 0 Å². The molecule has 1 unspecified atom stereocenters. The molecule has 0 N–H and O–H groups in total. The van der Waals surface area contributed by atoms with Gasteiger partial charge in [-0.15, -0.1) is 0 Å². The van der Waals surface area contributed by atoms with Gasteiger partial charge in [0.25, 0.3) is 0 Å². The zero-order chi connectivity index (χ0) is 50.0. The molecule has 6 heteroatoms. The van der Waals surface area contributed by atoms with E-state index in [0.717, 1.165) is 57.8 Å². The van der Waals surface area contributed by atoms with E-state index in [1.807, 2.05) is 0 Å². The molecular formula is C63H120O6. The van der Waals surface area contributed by atoms with Crippen molar-refractivity contribution in [2.75, 3.05) is 13.2 Å². The van der Waals surface area contributed by atoms with Crippen molar-refractivity contribution in [1.82, 2.24) is 0 Å². The summed E-state index contributed by atoms with van der Waals surface area (Å²) < 4.78 is 16.8. The summed E-state index contributed by atoms with van der Waals surface area (Å²) in [6, 6.07) is 0. The van der Waals surface area contributed by atoms with Gasteiger partial charge < -0.3 is 14.2 Å². The first-order valence-electron chi connectivity index (χ1n) is 31.2. The minimum Gasteiger partial charge on any atom is -0.462 e. The molecule has 0 aromatic carbocycles. The molecule has 0 aromatic rings. The topological polar surface area (TPSA) is 78.9 Å². The monoisotopic (exact) mass is 973 g/mol. The van der Waals surface area contributed by atoms with E-state index >= 15 is 0 Å². The molecule has 0 aliphatic heterocycles. The van der Waals surface area contributed by atoms with Crippen LogP contribution in [0.2, 0.25) is 0 Å². The molecule has 0 heterocycles. The van der Waals surface area contributed by atoms with Gasteiger partial charge in [-0.25, -0.2) is 0 Å². The Morgan fingerprint density at radius 3 is 0.725 bits per heavy atom. The van der Waals surface area contributed by atoms with Crippen molar-refractivity contribution in [3.63, 3.8) is 0 Å². The highest BCUT2D eigenvalue weighted by Crippen LogP contribution is 2.18. The lowest BCUT2D eigenvalue weighted by Crippen LogP contribution is -2.30. The van der Waals surface area contributed by atoms with Gasteiger partial charge in [0.05, 0.1) is 0 Å². The summed E-state index contributed by atoms with van der Waals surface area (Å²) in [6.07, 6.45) is 68.2. The molecule has 0 aliphatic rings. The number of carbonyl (C=O) groups is 3. The predicted octanol–water partition coefficient (Wildman–Crippen LogP) is 20.9. The second-order valence-corrected chi connectivity index (χ2v) is 21.3. The van der Waals surface area contributed by atoms with E-state index in [-0.39, 0.29) is 31.1 Å². The largest absolute Gasteiger partial charge is 0.462 e. The average molecular weight is 974 g/mol. The van der Waals surface area contributed by atoms with Crippen LogP contribution in [0.1, 0.15) is 355 Å². The lowest BCUT2D eigenvalue weighted by atomic mass is 10.0. The summed E-state index contributed by atoms with van der Waals surface area (Å²) >= 11 is 0. The minimum atomic E-state index is -0.761. The van der Waals surface area contributed by atoms with Gasteiger partial charge in [-0.3, -0.25) is 14.4 Å². The van der Waals surface area contributed by atoms with Gasteiger partial charge in [0, 0.05) is 19.3 Å². The third kappa shape index (κ3) is 56.9. The Hall–Kier alpha value is -1.85. The normalized spacial score (nSPS) is 12.0. The second kappa shape index (κ2) is 58.7. The molecule has 0 spiro atoms. The summed E-state index contributed by atoms with van der Waals surface area (Å²) in [5.41, 5.74) is 0. The lowest BCUT2D eigenvalue weighted by Gasteiger charge is -2.18. The average Bonchev–Trinajstić information content (AvgIpc) is 3.35. The van der Waals surface area contributed by atoms with Crippen molar-refractivity contribution in [2.45, 2.75) is 361 Å². The van der Waals surface area contributed by atoms with Gasteiger partial charge in [-0.2, -0.15) is 0 Å². The summed E-state index contributed by atoms with van der Waals surface area (Å²) in [5.74, 6) is -0.844. The van der Waals surface area contributed by atoms with E-state index in [4.69, 9.17) is 14.2 Å². The second-order valence-electron chi connectivity index (χ2n) is 21.3. The molecule has 0 rings (SSSR count). The highest BCUT2D eigenvalue weighted by Gasteiger charge is 2.19. The van der Waals surface area contributed by atoms with Crippen molar-refractivity contribution in [3.8, 4) is 0 Å². The first-order valence-corrected chi connectivity index (χ1v) is 31.2. The van der Waals surface area contributed by atoms with Crippen LogP contribution < -0.4 is 0 Å². The third-order valence-corrected chi connectivity index (χ3v) is 14.3. The maximum Gasteiger partial charge on any atom is 0.306 e. The molecule has 0 amide bonds. The number of unbranched alkanes of at least 4 members (excludes halogenated alkanes) is 45. The smallest absolute Gasteiger partial charge is 0.306 e. The molecule has 0 radical (unpaired) electrons. The van der Waals surface area contributed by atoms with Crippen LogP contribution in [0.4, 0.5) is 0 Å². The molecular weight excluding hydrogens is 853 g/mol. The first kappa shape index (κ1) is 67.1. The summed E-state index contributed by atoms with van der Waals surface area (Å²) in [4.78, 5) is 38.0. The van der Waals surface area contributed by atoms with Crippen LogP contribution in [0.5, 0.6) is 0 Å². The fourth-order valence-corrected chi connectivity index (χ4v) is 9.56. The van der Waals surface area contributed by atoms with Crippen molar-refractivity contribution in [2.24, 2.45) is 0 Å². The Morgan fingerprint density at radius 1 is 0.275 bits per heavy atom. The molecule has 0 saturated heterocycles. The molecule has 0 aliphatic carbocycles. The van der Waals surface area contributed by atoms with Gasteiger partial charge in [0.15, 0.2) is 6.10 Å². The van der Waals surface area contributed by atoms with Crippen LogP contribution in [-0.2, 0) is 28.6 Å². The van der Waals surface area contributed by atoms with Gasteiger partial charge in [-0.05, 0) is 44.9 Å². The minimum absolute atomic E-state index is 0.0633. The quantitative estimate of drug-likeness (QED) is 0.0261. The lowest BCUT2D eigenvalue weighted by molar-refractivity contribution is -0.167. The number of allylic oxidation sites excluding steroid dienone is 2. The Kier molecular flexibility index (Phi) is 57.1. The van der Waals surface area contributed by atoms with E-state index in [0.29, 0.717) is 19.3 Å². The van der Waals surface area contributed by atoms with Crippen LogP contribution >= 0.6 is 0 Å². The maximum absolute atomic E-state index is 12.8. The molecule has 0 saturated carbocycles. The zero-order valence-corrected chi connectivity index (χ0v) is 46.9. The van der Waals surface area contributed by atoms with E-state index in [1.54, 1.807) is 0 Å². The summed E-state index contributed by atoms with van der Waals surface area (Å²) in [5, 5.41) is 0. The zero-order valence-electron chi connectivity index (χ0n) is 46.9. The highest BCUT2D eigenvalue weighted by atomic mass is 16.6. The maximum atomic E-state index is 12.8. The van der Waals surface area contributed by atoms with Crippen LogP contribution in [-0.4, -0.2) is 37.2 Å². The van der Waals surface area contributed by atoms with E-state index < -0.39 is 6.10 Å². The van der Waals surface area contributed by atoms with Crippen LogP contribution in [0.3, 0.4) is 0 Å². The Labute approximate surface area is 431 Å². The number of esters is 3.